The van der Waals surface area contributed by atoms with Gasteiger partial charge in [0.2, 0.25) is 20.0 Å². The van der Waals surface area contributed by atoms with E-state index in [-0.39, 0.29) is 23.0 Å². The number of hydrogen-bond donors (Lipinski definition) is 4. The molecule has 0 amide bonds. The lowest BCUT2D eigenvalue weighted by molar-refractivity contribution is 0.475. The lowest BCUT2D eigenvalue weighted by Gasteiger charge is -2.08. The topological polar surface area (TPSA) is 133 Å². The van der Waals surface area contributed by atoms with Gasteiger partial charge in [0.05, 0.1) is 11.5 Å². The lowest BCUT2D eigenvalue weighted by atomic mass is 10.1. The van der Waals surface area contributed by atoms with E-state index in [1.165, 1.54) is 48.5 Å². The molecule has 0 aromatic heterocycles. The Bertz CT molecular complexity index is 966. The fourth-order valence-corrected chi connectivity index (χ4v) is 5.88. The first-order valence-electron chi connectivity index (χ1n) is 11.7. The molecule has 0 aliphatic rings. The van der Waals surface area contributed by atoms with Gasteiger partial charge in [-0.15, -0.1) is 0 Å². The predicted octanol–water partition coefficient (Wildman–Crippen LogP) is 5.18. The van der Waals surface area contributed by atoms with Gasteiger partial charge >= 0.3 is 0 Å². The molecule has 0 bridgehead atoms. The Kier molecular flexibility index (Phi) is 11.5. The zero-order valence-electron chi connectivity index (χ0n) is 19.4. The molecule has 10 heteroatoms. The summed E-state index contributed by atoms with van der Waals surface area (Å²) >= 11 is 0. The van der Waals surface area contributed by atoms with Crippen LogP contribution < -0.4 is 9.44 Å². The number of rotatable bonds is 17. The number of nitrogens with one attached hydrogen (secondary N) is 2. The third-order valence-electron chi connectivity index (χ3n) is 5.36. The van der Waals surface area contributed by atoms with E-state index in [4.69, 9.17) is 0 Å². The van der Waals surface area contributed by atoms with E-state index in [0.717, 1.165) is 51.4 Å². The van der Waals surface area contributed by atoms with Crippen molar-refractivity contribution in [1.82, 2.24) is 0 Å². The molecule has 0 heterocycles. The minimum Gasteiger partial charge on any atom is -0.508 e. The van der Waals surface area contributed by atoms with Crippen LogP contribution in [0.1, 0.15) is 64.2 Å². The molecule has 2 aromatic carbocycles. The molecule has 0 atom stereocenters. The van der Waals surface area contributed by atoms with Crippen LogP contribution in [0.5, 0.6) is 11.5 Å². The number of hydrogen-bond acceptors (Lipinski definition) is 6. The minimum absolute atomic E-state index is 0.0817. The van der Waals surface area contributed by atoms with Gasteiger partial charge in [-0.2, -0.15) is 0 Å². The largest absolute Gasteiger partial charge is 0.508 e. The minimum atomic E-state index is -3.38. The number of unbranched alkanes of at least 4 members (excludes halogenated alkanes) is 9. The van der Waals surface area contributed by atoms with Crippen LogP contribution in [0.4, 0.5) is 11.4 Å². The van der Waals surface area contributed by atoms with E-state index in [1.54, 1.807) is 0 Å². The summed E-state index contributed by atoms with van der Waals surface area (Å²) in [6.45, 7) is 0. The van der Waals surface area contributed by atoms with E-state index in [0.29, 0.717) is 24.2 Å². The molecule has 0 unspecified atom stereocenters. The molecule has 0 aliphatic carbocycles. The Morgan fingerprint density at radius 3 is 1.03 bits per heavy atom. The van der Waals surface area contributed by atoms with Crippen LogP contribution >= 0.6 is 0 Å². The molecule has 0 aliphatic heterocycles. The van der Waals surface area contributed by atoms with E-state index in [2.05, 4.69) is 9.44 Å². The van der Waals surface area contributed by atoms with Crippen molar-refractivity contribution in [3.8, 4) is 11.5 Å². The van der Waals surface area contributed by atoms with Crippen molar-refractivity contribution in [2.24, 2.45) is 0 Å². The summed E-state index contributed by atoms with van der Waals surface area (Å²) in [5.41, 5.74) is 0.896. The summed E-state index contributed by atoms with van der Waals surface area (Å²) in [6, 6.07) is 11.9. The van der Waals surface area contributed by atoms with Gasteiger partial charge in [-0.1, -0.05) is 51.4 Å². The first-order valence-corrected chi connectivity index (χ1v) is 15.0. The number of phenolic OH excluding ortho intramolecular Hbond substituents is 2. The molecule has 4 N–H and O–H groups in total. The van der Waals surface area contributed by atoms with Gasteiger partial charge < -0.3 is 10.2 Å². The first-order chi connectivity index (χ1) is 16.2. The second kappa shape index (κ2) is 14.1. The summed E-state index contributed by atoms with van der Waals surface area (Å²) < 4.78 is 53.4. The second-order valence-corrected chi connectivity index (χ2v) is 12.2. The number of phenols is 2. The highest BCUT2D eigenvalue weighted by atomic mass is 32.2. The molecule has 0 saturated carbocycles. The highest BCUT2D eigenvalue weighted by Gasteiger charge is 2.11. The van der Waals surface area contributed by atoms with Crippen LogP contribution in [0.3, 0.4) is 0 Å². The van der Waals surface area contributed by atoms with Crippen molar-refractivity contribution in [3.05, 3.63) is 48.5 Å². The average molecular weight is 513 g/mol. The van der Waals surface area contributed by atoms with Gasteiger partial charge in [-0.25, -0.2) is 16.8 Å². The normalized spacial score (nSPS) is 11.9. The van der Waals surface area contributed by atoms with Crippen molar-refractivity contribution >= 4 is 31.4 Å². The SMILES string of the molecule is O=S(=O)(CCCCCCCCCCCCS(=O)(=O)Nc1ccc(O)cc1)Nc1ccc(O)cc1. The van der Waals surface area contributed by atoms with Crippen LogP contribution in [-0.2, 0) is 20.0 Å². The van der Waals surface area contributed by atoms with Crippen molar-refractivity contribution in [3.63, 3.8) is 0 Å². The summed E-state index contributed by atoms with van der Waals surface area (Å²) in [4.78, 5) is 0. The molecule has 0 saturated heterocycles. The maximum atomic E-state index is 12.1. The van der Waals surface area contributed by atoms with Gasteiger partial charge in [0.15, 0.2) is 0 Å². The van der Waals surface area contributed by atoms with Crippen molar-refractivity contribution in [1.29, 1.82) is 0 Å². The highest BCUT2D eigenvalue weighted by molar-refractivity contribution is 7.92. The van der Waals surface area contributed by atoms with Gasteiger partial charge in [-0.3, -0.25) is 9.44 Å². The average Bonchev–Trinajstić information content (AvgIpc) is 2.77. The molecule has 0 fully saturated rings. The Morgan fingerprint density at radius 1 is 0.471 bits per heavy atom. The highest BCUT2D eigenvalue weighted by Crippen LogP contribution is 2.17. The van der Waals surface area contributed by atoms with Crippen LogP contribution in [0.25, 0.3) is 0 Å². The molecule has 2 rings (SSSR count). The maximum absolute atomic E-state index is 12.1. The number of benzene rings is 2. The molecule has 2 aromatic rings. The molecular formula is C24H36N2O6S2. The quantitative estimate of drug-likeness (QED) is 0.170. The van der Waals surface area contributed by atoms with Crippen LogP contribution in [0.15, 0.2) is 48.5 Å². The van der Waals surface area contributed by atoms with Crippen molar-refractivity contribution in [2.75, 3.05) is 20.9 Å². The molecule has 0 radical (unpaired) electrons. The van der Waals surface area contributed by atoms with Gasteiger partial charge in [0.25, 0.3) is 0 Å². The Balaban J connectivity index is 1.44. The molecular weight excluding hydrogens is 476 g/mol. The maximum Gasteiger partial charge on any atom is 0.232 e. The number of anilines is 2. The van der Waals surface area contributed by atoms with E-state index in [1.807, 2.05) is 0 Å². The second-order valence-electron chi connectivity index (χ2n) is 8.47. The lowest BCUT2D eigenvalue weighted by Crippen LogP contribution is -2.16. The molecule has 0 spiro atoms. The number of sulfonamides is 2. The summed E-state index contributed by atoms with van der Waals surface area (Å²) in [5, 5.41) is 18.5. The van der Waals surface area contributed by atoms with Gasteiger partial charge in [0.1, 0.15) is 11.5 Å². The first kappa shape index (κ1) is 27.8. The Morgan fingerprint density at radius 2 is 0.735 bits per heavy atom. The third-order valence-corrected chi connectivity index (χ3v) is 8.10. The standard InChI is InChI=1S/C24H36N2O6S2/c27-23-15-11-21(12-16-23)25-33(29,30)19-9-7-5-3-1-2-4-6-8-10-20-34(31,32)26-22-13-17-24(28)18-14-22/h11-18,25-28H,1-10,19-20H2. The zero-order valence-corrected chi connectivity index (χ0v) is 21.1. The molecule has 8 nitrogen and oxygen atoms in total. The van der Waals surface area contributed by atoms with E-state index >= 15 is 0 Å². The summed E-state index contributed by atoms with van der Waals surface area (Å²) in [7, 11) is -6.75. The molecule has 190 valence electrons. The van der Waals surface area contributed by atoms with Crippen LogP contribution in [-0.4, -0.2) is 38.6 Å². The van der Waals surface area contributed by atoms with E-state index in [9.17, 15) is 27.0 Å². The zero-order chi connectivity index (χ0) is 24.9. The predicted molar refractivity (Wildman–Crippen MR) is 137 cm³/mol. The smallest absolute Gasteiger partial charge is 0.232 e. The van der Waals surface area contributed by atoms with Gasteiger partial charge in [0, 0.05) is 11.4 Å². The van der Waals surface area contributed by atoms with Gasteiger partial charge in [-0.05, 0) is 61.4 Å². The van der Waals surface area contributed by atoms with Crippen LogP contribution in [0, 0.1) is 0 Å². The summed E-state index contributed by atoms with van der Waals surface area (Å²) in [5.74, 6) is 0.349. The van der Waals surface area contributed by atoms with Crippen LogP contribution in [0.2, 0.25) is 0 Å². The monoisotopic (exact) mass is 512 g/mol. The Hall–Kier alpha value is -2.46. The van der Waals surface area contributed by atoms with Crippen molar-refractivity contribution < 1.29 is 27.0 Å². The Labute approximate surface area is 203 Å². The fourth-order valence-electron chi connectivity index (χ4n) is 3.52. The summed E-state index contributed by atoms with van der Waals surface area (Å²) in [6.07, 6.45) is 9.27. The van der Waals surface area contributed by atoms with E-state index < -0.39 is 20.0 Å². The third kappa shape index (κ3) is 12.1. The van der Waals surface area contributed by atoms with Crippen molar-refractivity contribution in [2.45, 2.75) is 64.2 Å². The number of aromatic hydroxyl groups is 2. The molecule has 34 heavy (non-hydrogen) atoms. The fraction of sp³-hybridized carbons (Fsp3) is 0.500.